The number of imidazole rings is 1. The van der Waals surface area contributed by atoms with E-state index in [1.807, 2.05) is 18.5 Å². The fourth-order valence-electron chi connectivity index (χ4n) is 4.37. The number of nitrogens with zero attached hydrogens (tertiary/aromatic N) is 3. The van der Waals surface area contributed by atoms with E-state index >= 15 is 0 Å². The Kier molecular flexibility index (Phi) is 4.19. The van der Waals surface area contributed by atoms with Crippen LogP contribution in [0.1, 0.15) is 54.1 Å². The van der Waals surface area contributed by atoms with Gasteiger partial charge in [-0.05, 0) is 84.2 Å². The fraction of sp³-hybridized carbons (Fsp3) is 0.200. The van der Waals surface area contributed by atoms with Crippen LogP contribution in [0.25, 0.3) is 17.1 Å². The van der Waals surface area contributed by atoms with Crippen molar-refractivity contribution in [2.45, 2.75) is 31.7 Å². The average molecular weight is 505 g/mol. The molecule has 0 bridgehead atoms. The van der Waals surface area contributed by atoms with E-state index < -0.39 is 0 Å². The van der Waals surface area contributed by atoms with Crippen molar-refractivity contribution in [1.82, 2.24) is 9.55 Å². The first-order chi connectivity index (χ1) is 14.7. The van der Waals surface area contributed by atoms with E-state index in [1.54, 1.807) is 6.26 Å². The summed E-state index contributed by atoms with van der Waals surface area (Å²) in [6, 6.07) is 19.2. The van der Waals surface area contributed by atoms with Crippen molar-refractivity contribution in [2.24, 2.45) is 4.99 Å². The van der Waals surface area contributed by atoms with Crippen molar-refractivity contribution in [1.29, 1.82) is 0 Å². The van der Waals surface area contributed by atoms with Crippen LogP contribution in [-0.2, 0) is 0 Å². The zero-order chi connectivity index (χ0) is 20.2. The van der Waals surface area contributed by atoms with Gasteiger partial charge in [0.15, 0.2) is 5.76 Å². The summed E-state index contributed by atoms with van der Waals surface area (Å²) in [5.41, 5.74) is 7.87. The Morgan fingerprint density at radius 2 is 1.90 bits per heavy atom. The Hall–Kier alpha value is -2.67. The molecule has 1 saturated carbocycles. The Bertz CT molecular complexity index is 1280. The number of rotatable bonds is 3. The number of aromatic nitrogens is 2. The zero-order valence-corrected chi connectivity index (χ0v) is 18.7. The van der Waals surface area contributed by atoms with Gasteiger partial charge in [-0.3, -0.25) is 9.56 Å². The summed E-state index contributed by atoms with van der Waals surface area (Å²) in [6.07, 6.45) is 6.17. The molecular formula is C25H20IN3O. The fourth-order valence-corrected chi connectivity index (χ4v) is 5.01. The van der Waals surface area contributed by atoms with Crippen LogP contribution in [0.5, 0.6) is 0 Å². The van der Waals surface area contributed by atoms with Gasteiger partial charge in [0.05, 0.1) is 29.4 Å². The van der Waals surface area contributed by atoms with Gasteiger partial charge in [-0.1, -0.05) is 24.3 Å². The van der Waals surface area contributed by atoms with Crippen LogP contribution in [0.3, 0.4) is 0 Å². The highest BCUT2D eigenvalue weighted by Gasteiger charge is 2.30. The molecule has 2 aromatic carbocycles. The monoisotopic (exact) mass is 505 g/mol. The normalized spacial score (nSPS) is 17.8. The molecule has 4 aromatic rings. The predicted molar refractivity (Wildman–Crippen MR) is 126 cm³/mol. The Morgan fingerprint density at radius 1 is 1.03 bits per heavy atom. The van der Waals surface area contributed by atoms with Gasteiger partial charge in [-0.2, -0.15) is 0 Å². The lowest BCUT2D eigenvalue weighted by molar-refractivity contribution is 0.578. The second-order valence-electron chi connectivity index (χ2n) is 8.01. The van der Waals surface area contributed by atoms with E-state index in [9.17, 15) is 0 Å². The molecule has 148 valence electrons. The van der Waals surface area contributed by atoms with E-state index in [2.05, 4.69) is 76.5 Å². The van der Waals surface area contributed by atoms with Gasteiger partial charge in [0.25, 0.3) is 0 Å². The number of fused-ring (bicyclic) bond motifs is 3. The molecule has 1 fully saturated rings. The smallest absolute Gasteiger partial charge is 0.154 e. The Morgan fingerprint density at radius 3 is 2.67 bits per heavy atom. The summed E-state index contributed by atoms with van der Waals surface area (Å²) >= 11 is 2.41. The molecule has 0 radical (unpaired) electrons. The zero-order valence-electron chi connectivity index (χ0n) is 16.5. The van der Waals surface area contributed by atoms with Crippen LogP contribution in [0.4, 0.5) is 0 Å². The molecule has 0 spiro atoms. The minimum Gasteiger partial charge on any atom is -0.463 e. The molecule has 0 unspecified atom stereocenters. The van der Waals surface area contributed by atoms with Crippen molar-refractivity contribution in [3.8, 4) is 17.1 Å². The van der Waals surface area contributed by atoms with Crippen molar-refractivity contribution < 1.29 is 4.42 Å². The van der Waals surface area contributed by atoms with E-state index in [-0.39, 0.29) is 6.04 Å². The predicted octanol–water partition coefficient (Wildman–Crippen LogP) is 6.53. The third-order valence-corrected chi connectivity index (χ3v) is 6.93. The van der Waals surface area contributed by atoms with Crippen LogP contribution in [0, 0.1) is 3.57 Å². The van der Waals surface area contributed by atoms with Crippen molar-refractivity contribution in [2.75, 3.05) is 0 Å². The highest BCUT2D eigenvalue weighted by atomic mass is 127. The molecule has 2 aliphatic rings. The molecule has 6 rings (SSSR count). The summed E-state index contributed by atoms with van der Waals surface area (Å²) in [7, 11) is 0. The number of hydrogen-bond acceptors (Lipinski definition) is 3. The summed E-state index contributed by atoms with van der Waals surface area (Å²) in [5.74, 6) is 1.47. The average Bonchev–Trinajstić information content (AvgIpc) is 3.31. The highest BCUT2D eigenvalue weighted by Crippen LogP contribution is 2.43. The van der Waals surface area contributed by atoms with E-state index in [4.69, 9.17) is 14.4 Å². The van der Waals surface area contributed by atoms with Crippen molar-refractivity contribution >= 4 is 28.3 Å². The highest BCUT2D eigenvalue weighted by molar-refractivity contribution is 14.1. The first kappa shape index (κ1) is 18.1. The van der Waals surface area contributed by atoms with Gasteiger partial charge in [-0.15, -0.1) is 0 Å². The van der Waals surface area contributed by atoms with Crippen LogP contribution in [0.2, 0.25) is 0 Å². The van der Waals surface area contributed by atoms with Crippen LogP contribution in [0.15, 0.2) is 76.6 Å². The lowest BCUT2D eigenvalue weighted by Crippen LogP contribution is -2.09. The van der Waals surface area contributed by atoms with Gasteiger partial charge in [0.1, 0.15) is 12.0 Å². The number of furan rings is 1. The largest absolute Gasteiger partial charge is 0.463 e. The second-order valence-corrected chi connectivity index (χ2v) is 9.17. The number of aliphatic imine (C=N–C) groups is 1. The van der Waals surface area contributed by atoms with E-state index in [0.29, 0.717) is 5.92 Å². The molecule has 4 nitrogen and oxygen atoms in total. The van der Waals surface area contributed by atoms with Gasteiger partial charge < -0.3 is 4.42 Å². The maximum atomic E-state index is 5.69. The van der Waals surface area contributed by atoms with E-state index in [0.717, 1.165) is 28.5 Å². The molecule has 1 atom stereocenters. The van der Waals surface area contributed by atoms with Gasteiger partial charge in [-0.25, -0.2) is 4.98 Å². The maximum absolute atomic E-state index is 5.69. The third kappa shape index (κ3) is 2.87. The SMILES string of the molecule is C[C@H]1N=C(c2ccccc2I)c2cc(C3CC3)ccc2-n2cnc(-c3ccco3)c21. The van der Waals surface area contributed by atoms with E-state index in [1.165, 1.54) is 33.1 Å². The summed E-state index contributed by atoms with van der Waals surface area (Å²) in [5, 5.41) is 0. The number of halogens is 1. The van der Waals surface area contributed by atoms with Gasteiger partial charge in [0, 0.05) is 14.7 Å². The molecule has 0 saturated heterocycles. The topological polar surface area (TPSA) is 43.3 Å². The van der Waals surface area contributed by atoms with Gasteiger partial charge >= 0.3 is 0 Å². The molecule has 5 heteroatoms. The summed E-state index contributed by atoms with van der Waals surface area (Å²) in [4.78, 5) is 9.98. The molecule has 30 heavy (non-hydrogen) atoms. The maximum Gasteiger partial charge on any atom is 0.154 e. The first-order valence-electron chi connectivity index (χ1n) is 10.3. The van der Waals surface area contributed by atoms with Crippen LogP contribution < -0.4 is 0 Å². The molecule has 3 heterocycles. The molecule has 2 aromatic heterocycles. The first-order valence-corrected chi connectivity index (χ1v) is 11.4. The van der Waals surface area contributed by atoms with Crippen LogP contribution >= 0.6 is 22.6 Å². The minimum atomic E-state index is -0.0598. The van der Waals surface area contributed by atoms with Crippen LogP contribution in [-0.4, -0.2) is 15.3 Å². The minimum absolute atomic E-state index is 0.0598. The second kappa shape index (κ2) is 6.94. The molecular weight excluding hydrogens is 485 g/mol. The molecule has 1 aliphatic heterocycles. The molecule has 0 amide bonds. The lowest BCUT2D eigenvalue weighted by atomic mass is 9.97. The molecule has 1 aliphatic carbocycles. The van der Waals surface area contributed by atoms with Gasteiger partial charge in [0.2, 0.25) is 0 Å². The standard InChI is InChI=1S/C25H20IN3O/c1-15-25-24(22-7-4-12-30-22)27-14-29(25)21-11-10-17(16-8-9-16)13-19(21)23(28-15)18-5-2-3-6-20(18)26/h2-7,10-16H,8-9H2,1H3/t15-/m1/s1. The molecule has 0 N–H and O–H groups in total. The third-order valence-electron chi connectivity index (χ3n) is 5.99. The quantitative estimate of drug-likeness (QED) is 0.298. The summed E-state index contributed by atoms with van der Waals surface area (Å²) in [6.45, 7) is 2.14. The Balaban J connectivity index is 1.63. The number of hydrogen-bond donors (Lipinski definition) is 0. The number of benzene rings is 2. The summed E-state index contributed by atoms with van der Waals surface area (Å²) < 4.78 is 9.09. The Labute approximate surface area is 188 Å². The van der Waals surface area contributed by atoms with Crippen molar-refractivity contribution in [3.05, 3.63) is 93.1 Å². The lowest BCUT2D eigenvalue weighted by Gasteiger charge is -2.14. The van der Waals surface area contributed by atoms with Crippen molar-refractivity contribution in [3.63, 3.8) is 0 Å².